The molecule has 1 saturated heterocycles. The molecule has 1 aromatic carbocycles. The molecule has 80 valence electrons. The number of para-hydroxylation sites is 1. The number of rotatable bonds is 2. The van der Waals surface area contributed by atoms with Gasteiger partial charge < -0.3 is 10.1 Å². The lowest BCUT2D eigenvalue weighted by atomic mass is 10.0. The highest BCUT2D eigenvalue weighted by atomic mass is 16.5. The van der Waals surface area contributed by atoms with Crippen LogP contribution in [-0.4, -0.2) is 20.2 Å². The number of hydrogen-bond donors (Lipinski definition) is 1. The summed E-state index contributed by atoms with van der Waals surface area (Å²) in [4.78, 5) is 0. The highest BCUT2D eigenvalue weighted by molar-refractivity contribution is 5.60. The fourth-order valence-electron chi connectivity index (χ4n) is 1.91. The molecule has 15 heavy (non-hydrogen) atoms. The minimum absolute atomic E-state index is 0.954. The number of hydrogen-bond acceptors (Lipinski definition) is 2. The first kappa shape index (κ1) is 10.2. The second-order valence-corrected chi connectivity index (χ2v) is 3.82. The van der Waals surface area contributed by atoms with Gasteiger partial charge in [0.2, 0.25) is 0 Å². The molecule has 0 aliphatic carbocycles. The van der Waals surface area contributed by atoms with E-state index >= 15 is 0 Å². The second kappa shape index (κ2) is 4.99. The molecule has 1 heterocycles. The number of benzene rings is 1. The average Bonchev–Trinajstić information content (AvgIpc) is 2.31. The normalized spacial score (nSPS) is 19.1. The SMILES string of the molecule is COc1ccccc1C=C1CCCNC1. The summed E-state index contributed by atoms with van der Waals surface area (Å²) in [5.74, 6) is 0.954. The molecular weight excluding hydrogens is 186 g/mol. The van der Waals surface area contributed by atoms with Crippen molar-refractivity contribution in [3.8, 4) is 5.75 Å². The van der Waals surface area contributed by atoms with E-state index < -0.39 is 0 Å². The van der Waals surface area contributed by atoms with Crippen molar-refractivity contribution in [1.29, 1.82) is 0 Å². The molecule has 0 unspecified atom stereocenters. The van der Waals surface area contributed by atoms with E-state index in [1.807, 2.05) is 18.2 Å². The van der Waals surface area contributed by atoms with E-state index in [4.69, 9.17) is 4.74 Å². The van der Waals surface area contributed by atoms with E-state index in [1.165, 1.54) is 24.0 Å². The molecular formula is C13H17NO. The summed E-state index contributed by atoms with van der Waals surface area (Å²) < 4.78 is 5.32. The molecule has 1 aliphatic heterocycles. The Balaban J connectivity index is 2.21. The summed E-state index contributed by atoms with van der Waals surface area (Å²) in [6.07, 6.45) is 4.68. The maximum absolute atomic E-state index is 5.32. The quantitative estimate of drug-likeness (QED) is 0.797. The van der Waals surface area contributed by atoms with Crippen LogP contribution in [0, 0.1) is 0 Å². The van der Waals surface area contributed by atoms with Gasteiger partial charge in [-0.05, 0) is 25.5 Å². The van der Waals surface area contributed by atoms with Crippen molar-refractivity contribution in [2.45, 2.75) is 12.8 Å². The lowest BCUT2D eigenvalue weighted by Crippen LogP contribution is -2.23. The van der Waals surface area contributed by atoms with Gasteiger partial charge in [-0.1, -0.05) is 29.8 Å². The Bertz CT molecular complexity index is 349. The third kappa shape index (κ3) is 2.60. The van der Waals surface area contributed by atoms with Gasteiger partial charge in [-0.25, -0.2) is 0 Å². The molecule has 1 N–H and O–H groups in total. The van der Waals surface area contributed by atoms with Crippen LogP contribution in [0.5, 0.6) is 5.75 Å². The highest BCUT2D eigenvalue weighted by Gasteiger charge is 2.05. The molecule has 2 heteroatoms. The van der Waals surface area contributed by atoms with Crippen molar-refractivity contribution >= 4 is 6.08 Å². The average molecular weight is 203 g/mol. The Morgan fingerprint density at radius 2 is 2.20 bits per heavy atom. The molecule has 2 nitrogen and oxygen atoms in total. The fourth-order valence-corrected chi connectivity index (χ4v) is 1.91. The van der Waals surface area contributed by atoms with E-state index in [0.29, 0.717) is 0 Å². The Kier molecular flexibility index (Phi) is 3.41. The second-order valence-electron chi connectivity index (χ2n) is 3.82. The molecule has 0 bridgehead atoms. The first-order chi connectivity index (χ1) is 7.40. The predicted octanol–water partition coefficient (Wildman–Crippen LogP) is 2.46. The molecule has 0 spiro atoms. The van der Waals surface area contributed by atoms with Gasteiger partial charge in [0.05, 0.1) is 7.11 Å². The molecule has 0 amide bonds. The Hall–Kier alpha value is -1.28. The molecule has 0 aromatic heterocycles. The third-order valence-electron chi connectivity index (χ3n) is 2.70. The molecule has 0 saturated carbocycles. The van der Waals surface area contributed by atoms with Crippen molar-refractivity contribution in [2.24, 2.45) is 0 Å². The van der Waals surface area contributed by atoms with Crippen LogP contribution in [0.1, 0.15) is 18.4 Å². The summed E-state index contributed by atoms with van der Waals surface area (Å²) in [5.41, 5.74) is 2.64. The van der Waals surface area contributed by atoms with Crippen LogP contribution in [0.4, 0.5) is 0 Å². The van der Waals surface area contributed by atoms with Crippen LogP contribution in [0.2, 0.25) is 0 Å². The molecule has 2 rings (SSSR count). The van der Waals surface area contributed by atoms with Gasteiger partial charge in [0.25, 0.3) is 0 Å². The Morgan fingerprint density at radius 1 is 1.33 bits per heavy atom. The third-order valence-corrected chi connectivity index (χ3v) is 2.70. The maximum Gasteiger partial charge on any atom is 0.126 e. The van der Waals surface area contributed by atoms with Crippen molar-refractivity contribution in [2.75, 3.05) is 20.2 Å². The number of piperidine rings is 1. The summed E-state index contributed by atoms with van der Waals surface area (Å²) in [6.45, 7) is 2.15. The first-order valence-electron chi connectivity index (χ1n) is 5.43. The smallest absolute Gasteiger partial charge is 0.126 e. The van der Waals surface area contributed by atoms with Gasteiger partial charge in [-0.3, -0.25) is 0 Å². The lowest BCUT2D eigenvalue weighted by molar-refractivity contribution is 0.414. The molecule has 0 radical (unpaired) electrons. The highest BCUT2D eigenvalue weighted by Crippen LogP contribution is 2.22. The summed E-state index contributed by atoms with van der Waals surface area (Å²) in [5, 5.41) is 3.38. The standard InChI is InChI=1S/C13H17NO/c1-15-13-7-3-2-6-12(13)9-11-5-4-8-14-10-11/h2-3,6-7,9,14H,4-5,8,10H2,1H3. The van der Waals surface area contributed by atoms with E-state index in [0.717, 1.165) is 18.8 Å². The van der Waals surface area contributed by atoms with E-state index in [1.54, 1.807) is 7.11 Å². The number of nitrogens with one attached hydrogen (secondary N) is 1. The van der Waals surface area contributed by atoms with Gasteiger partial charge >= 0.3 is 0 Å². The maximum atomic E-state index is 5.32. The van der Waals surface area contributed by atoms with E-state index in [2.05, 4.69) is 17.5 Å². The summed E-state index contributed by atoms with van der Waals surface area (Å²) >= 11 is 0. The van der Waals surface area contributed by atoms with Gasteiger partial charge in [-0.2, -0.15) is 0 Å². The zero-order valence-corrected chi connectivity index (χ0v) is 9.12. The topological polar surface area (TPSA) is 21.3 Å². The Morgan fingerprint density at radius 3 is 2.93 bits per heavy atom. The summed E-state index contributed by atoms with van der Waals surface area (Å²) in [6, 6.07) is 8.15. The van der Waals surface area contributed by atoms with Gasteiger partial charge in [0.1, 0.15) is 5.75 Å². The minimum atomic E-state index is 0.954. The van der Waals surface area contributed by atoms with Crippen LogP contribution >= 0.6 is 0 Å². The molecule has 1 aliphatic rings. The zero-order chi connectivity index (χ0) is 10.5. The number of methoxy groups -OCH3 is 1. The van der Waals surface area contributed by atoms with E-state index in [9.17, 15) is 0 Å². The predicted molar refractivity (Wildman–Crippen MR) is 63.1 cm³/mol. The molecule has 1 aromatic rings. The van der Waals surface area contributed by atoms with Crippen LogP contribution in [0.15, 0.2) is 29.8 Å². The minimum Gasteiger partial charge on any atom is -0.496 e. The van der Waals surface area contributed by atoms with Crippen LogP contribution in [0.25, 0.3) is 6.08 Å². The monoisotopic (exact) mass is 203 g/mol. The van der Waals surface area contributed by atoms with Crippen molar-refractivity contribution in [1.82, 2.24) is 5.32 Å². The van der Waals surface area contributed by atoms with Gasteiger partial charge in [0, 0.05) is 12.1 Å². The van der Waals surface area contributed by atoms with Gasteiger partial charge in [0.15, 0.2) is 0 Å². The van der Waals surface area contributed by atoms with E-state index in [-0.39, 0.29) is 0 Å². The van der Waals surface area contributed by atoms with Crippen LogP contribution in [-0.2, 0) is 0 Å². The van der Waals surface area contributed by atoms with Crippen molar-refractivity contribution < 1.29 is 4.74 Å². The van der Waals surface area contributed by atoms with Crippen molar-refractivity contribution in [3.05, 3.63) is 35.4 Å². The van der Waals surface area contributed by atoms with Crippen molar-refractivity contribution in [3.63, 3.8) is 0 Å². The van der Waals surface area contributed by atoms with Gasteiger partial charge in [-0.15, -0.1) is 0 Å². The first-order valence-corrected chi connectivity index (χ1v) is 5.43. The zero-order valence-electron chi connectivity index (χ0n) is 9.12. The molecule has 0 atom stereocenters. The van der Waals surface area contributed by atoms with Crippen LogP contribution < -0.4 is 10.1 Å². The van der Waals surface area contributed by atoms with Crippen LogP contribution in [0.3, 0.4) is 0 Å². The number of ether oxygens (including phenoxy) is 1. The summed E-state index contributed by atoms with van der Waals surface area (Å²) in [7, 11) is 1.72. The molecule has 1 fully saturated rings. The Labute approximate surface area is 91.0 Å². The lowest BCUT2D eigenvalue weighted by Gasteiger charge is -2.15. The fraction of sp³-hybridized carbons (Fsp3) is 0.385. The largest absolute Gasteiger partial charge is 0.496 e.